The molecular weight excluding hydrogens is 742 g/mol. The van der Waals surface area contributed by atoms with Gasteiger partial charge < -0.3 is 36.8 Å². The molecule has 0 saturated carbocycles. The molecule has 16 heteroatoms. The van der Waals surface area contributed by atoms with E-state index in [2.05, 4.69) is 15.6 Å². The number of likely N-dealkylation sites (tertiary alicyclic amines) is 1. The van der Waals surface area contributed by atoms with Crippen molar-refractivity contribution in [3.63, 3.8) is 0 Å². The number of ether oxygens (including phenoxy) is 1. The number of hydrogen-bond donors (Lipinski definition) is 5. The second-order valence-corrected chi connectivity index (χ2v) is 15.5. The minimum Gasteiger partial charge on any atom is -0.489 e. The van der Waals surface area contributed by atoms with Crippen LogP contribution < -0.4 is 26.8 Å². The average Bonchev–Trinajstić information content (AvgIpc) is 3.71. The molecule has 1 saturated heterocycles. The monoisotopic (exact) mass is 792 g/mol. The molecule has 4 rings (SSSR count). The lowest BCUT2D eigenvalue weighted by atomic mass is 9.85. The Kier molecular flexibility index (Phi) is 15.9. The number of β-amino-alcohol motifs (C(OH)–C–C–N with tert-alkyl or cyclic N) is 1. The number of nitrogens with two attached hydrogens (primary N) is 2. The standard InChI is InChI=1S/C38H50F2N6O6S.ClH/c1-21(23-9-11-24(12-10-23)34-22(2)43-20-53-34)44-36(50)29-17-28(47)18-46(29)37(51)35(38(3,4)5)45-32(49)8-6-7-25-15-26(39)16-30(33(25)40)52-19-27(41)13-14-31(42)48;/h9-12,15-16,20-21,27-29,35,47H,6-8,13-14,17-19,41H2,1-5H3,(H2,42,48)(H,44,50)(H,45,49);1H/t21-,27-,28+,29-,35+;/m0./s1. The fourth-order valence-corrected chi connectivity index (χ4v) is 7.01. The van der Waals surface area contributed by atoms with Gasteiger partial charge in [0, 0.05) is 37.9 Å². The maximum absolute atomic E-state index is 15.2. The summed E-state index contributed by atoms with van der Waals surface area (Å²) in [7, 11) is 0. The number of benzene rings is 2. The number of thiazole rings is 1. The summed E-state index contributed by atoms with van der Waals surface area (Å²) in [6, 6.07) is 6.73. The molecule has 5 atom stereocenters. The van der Waals surface area contributed by atoms with E-state index in [-0.39, 0.29) is 81.4 Å². The lowest BCUT2D eigenvalue weighted by Crippen LogP contribution is -2.57. The quantitative estimate of drug-likeness (QED) is 0.140. The molecule has 1 aliphatic heterocycles. The lowest BCUT2D eigenvalue weighted by molar-refractivity contribution is -0.144. The van der Waals surface area contributed by atoms with Crippen LogP contribution in [-0.4, -0.2) is 76.0 Å². The number of aromatic nitrogens is 1. The third-order valence-electron chi connectivity index (χ3n) is 9.20. The Bertz CT molecular complexity index is 1770. The first-order chi connectivity index (χ1) is 24.9. The molecule has 2 heterocycles. The number of aliphatic hydroxyl groups excluding tert-OH is 1. The summed E-state index contributed by atoms with van der Waals surface area (Å²) in [5.41, 5.74) is 14.9. The van der Waals surface area contributed by atoms with E-state index in [9.17, 15) is 28.7 Å². The number of aryl methyl sites for hydroxylation is 2. The van der Waals surface area contributed by atoms with Crippen LogP contribution in [0.5, 0.6) is 5.75 Å². The molecule has 0 radical (unpaired) electrons. The summed E-state index contributed by atoms with van der Waals surface area (Å²) < 4.78 is 34.9. The molecule has 1 aliphatic rings. The molecule has 0 bridgehead atoms. The Morgan fingerprint density at radius 1 is 1.11 bits per heavy atom. The second-order valence-electron chi connectivity index (χ2n) is 14.7. The summed E-state index contributed by atoms with van der Waals surface area (Å²) in [6.07, 6.45) is -0.596. The maximum atomic E-state index is 15.2. The van der Waals surface area contributed by atoms with Crippen LogP contribution in [0.1, 0.15) is 82.7 Å². The molecule has 296 valence electrons. The predicted molar refractivity (Wildman–Crippen MR) is 205 cm³/mol. The summed E-state index contributed by atoms with van der Waals surface area (Å²) in [5.74, 6) is -3.80. The zero-order valence-electron chi connectivity index (χ0n) is 31.2. The van der Waals surface area contributed by atoms with E-state index < -0.39 is 64.9 Å². The van der Waals surface area contributed by atoms with Gasteiger partial charge in [0.15, 0.2) is 11.6 Å². The summed E-state index contributed by atoms with van der Waals surface area (Å²) in [4.78, 5) is 58.4. The number of nitrogens with one attached hydrogen (secondary N) is 2. The third kappa shape index (κ3) is 11.9. The molecule has 2 aromatic carbocycles. The number of aliphatic hydroxyl groups is 1. The normalized spacial score (nSPS) is 17.2. The van der Waals surface area contributed by atoms with Gasteiger partial charge in [0.25, 0.3) is 0 Å². The van der Waals surface area contributed by atoms with E-state index in [0.29, 0.717) is 0 Å². The molecule has 0 spiro atoms. The van der Waals surface area contributed by atoms with Gasteiger partial charge >= 0.3 is 0 Å². The maximum Gasteiger partial charge on any atom is 0.246 e. The highest BCUT2D eigenvalue weighted by Gasteiger charge is 2.44. The summed E-state index contributed by atoms with van der Waals surface area (Å²) in [5, 5.41) is 16.3. The lowest BCUT2D eigenvalue weighted by Gasteiger charge is -2.35. The molecule has 7 N–H and O–H groups in total. The molecular formula is C38H51ClF2N6O6S. The second kappa shape index (κ2) is 19.4. The summed E-state index contributed by atoms with van der Waals surface area (Å²) in [6.45, 7) is 8.89. The Hall–Kier alpha value is -4.18. The van der Waals surface area contributed by atoms with Crippen molar-refractivity contribution in [2.24, 2.45) is 16.9 Å². The number of halogens is 3. The van der Waals surface area contributed by atoms with E-state index >= 15 is 4.39 Å². The van der Waals surface area contributed by atoms with Crippen LogP contribution in [0.25, 0.3) is 10.4 Å². The van der Waals surface area contributed by atoms with Gasteiger partial charge in [0.2, 0.25) is 23.6 Å². The van der Waals surface area contributed by atoms with E-state index in [4.69, 9.17) is 16.2 Å². The highest BCUT2D eigenvalue weighted by Crippen LogP contribution is 2.30. The van der Waals surface area contributed by atoms with E-state index in [0.717, 1.165) is 33.8 Å². The first-order valence-electron chi connectivity index (χ1n) is 17.7. The minimum atomic E-state index is -1.04. The van der Waals surface area contributed by atoms with Crippen LogP contribution in [-0.2, 0) is 25.6 Å². The zero-order valence-corrected chi connectivity index (χ0v) is 32.8. The Morgan fingerprint density at radius 3 is 2.41 bits per heavy atom. The number of rotatable bonds is 16. The van der Waals surface area contributed by atoms with Gasteiger partial charge in [-0.2, -0.15) is 0 Å². The van der Waals surface area contributed by atoms with Gasteiger partial charge in [-0.15, -0.1) is 23.7 Å². The van der Waals surface area contributed by atoms with Crippen molar-refractivity contribution in [3.8, 4) is 16.2 Å². The molecule has 3 aromatic rings. The SMILES string of the molecule is Cc1ncsc1-c1ccc([C@H](C)NC(=O)[C@@H]2C[C@@H](O)CN2C(=O)[C@@H](NC(=O)CCCc2cc(F)cc(OC[C@@H](N)CCC(N)=O)c2F)C(C)(C)C)cc1.Cl. The Balaban J connectivity index is 0.00000784. The molecule has 54 heavy (non-hydrogen) atoms. The highest BCUT2D eigenvalue weighted by molar-refractivity contribution is 7.13. The average molecular weight is 793 g/mol. The zero-order chi connectivity index (χ0) is 39.0. The smallest absolute Gasteiger partial charge is 0.246 e. The first-order valence-corrected chi connectivity index (χ1v) is 18.6. The highest BCUT2D eigenvalue weighted by atomic mass is 35.5. The van der Waals surface area contributed by atoms with Crippen molar-refractivity contribution in [2.45, 2.75) is 103 Å². The molecule has 1 fully saturated rings. The number of carbonyl (C=O) groups is 4. The molecule has 0 aliphatic carbocycles. The van der Waals surface area contributed by atoms with E-state index in [1.807, 2.05) is 38.1 Å². The number of amides is 4. The number of carbonyl (C=O) groups excluding carboxylic acids is 4. The van der Waals surface area contributed by atoms with Crippen molar-refractivity contribution in [2.75, 3.05) is 13.2 Å². The topological polar surface area (TPSA) is 190 Å². The summed E-state index contributed by atoms with van der Waals surface area (Å²) >= 11 is 1.55. The minimum absolute atomic E-state index is 0. The Morgan fingerprint density at radius 2 is 1.80 bits per heavy atom. The number of primary amides is 1. The molecule has 4 amide bonds. The van der Waals surface area contributed by atoms with Crippen molar-refractivity contribution in [3.05, 3.63) is 70.4 Å². The van der Waals surface area contributed by atoms with E-state index in [1.54, 1.807) is 37.6 Å². The molecule has 12 nitrogen and oxygen atoms in total. The molecule has 1 aromatic heterocycles. The van der Waals surface area contributed by atoms with Crippen LogP contribution in [0.2, 0.25) is 0 Å². The van der Waals surface area contributed by atoms with Gasteiger partial charge in [-0.05, 0) is 61.3 Å². The van der Waals surface area contributed by atoms with Crippen LogP contribution in [0.3, 0.4) is 0 Å². The van der Waals surface area contributed by atoms with Gasteiger partial charge in [-0.1, -0.05) is 45.0 Å². The van der Waals surface area contributed by atoms with Gasteiger partial charge in [-0.3, -0.25) is 19.2 Å². The van der Waals surface area contributed by atoms with Crippen LogP contribution in [0, 0.1) is 24.0 Å². The first kappa shape index (κ1) is 44.2. The van der Waals surface area contributed by atoms with Gasteiger partial charge in [0.05, 0.1) is 28.2 Å². The predicted octanol–water partition coefficient (Wildman–Crippen LogP) is 4.48. The van der Waals surface area contributed by atoms with E-state index in [1.165, 1.54) is 4.90 Å². The van der Waals surface area contributed by atoms with Crippen molar-refractivity contribution >= 4 is 47.4 Å². The van der Waals surface area contributed by atoms with Crippen LogP contribution in [0.15, 0.2) is 41.9 Å². The fraction of sp³-hybridized carbons (Fsp3) is 0.500. The number of nitrogens with zero attached hydrogens (tertiary/aromatic N) is 2. The van der Waals surface area contributed by atoms with Gasteiger partial charge in [-0.25, -0.2) is 13.8 Å². The fourth-order valence-electron chi connectivity index (χ4n) is 6.20. The van der Waals surface area contributed by atoms with Crippen LogP contribution >= 0.6 is 23.7 Å². The third-order valence-corrected chi connectivity index (χ3v) is 10.2. The largest absolute Gasteiger partial charge is 0.489 e. The van der Waals surface area contributed by atoms with Crippen molar-refractivity contribution in [1.82, 2.24) is 20.5 Å². The van der Waals surface area contributed by atoms with Crippen LogP contribution in [0.4, 0.5) is 8.78 Å². The number of hydrogen-bond acceptors (Lipinski definition) is 9. The van der Waals surface area contributed by atoms with Gasteiger partial charge in [0.1, 0.15) is 24.5 Å². The molecule has 0 unspecified atom stereocenters. The van der Waals surface area contributed by atoms with Crippen molar-refractivity contribution in [1.29, 1.82) is 0 Å². The Labute approximate surface area is 324 Å². The van der Waals surface area contributed by atoms with Crippen molar-refractivity contribution < 1.29 is 37.8 Å².